The van der Waals surface area contributed by atoms with E-state index < -0.39 is 0 Å². The molecule has 0 atom stereocenters. The van der Waals surface area contributed by atoms with Crippen molar-refractivity contribution in [2.45, 2.75) is 39.0 Å². The van der Waals surface area contributed by atoms with Crippen molar-refractivity contribution in [2.75, 3.05) is 18.0 Å². The fourth-order valence-electron chi connectivity index (χ4n) is 2.42. The second-order valence-corrected chi connectivity index (χ2v) is 5.91. The summed E-state index contributed by atoms with van der Waals surface area (Å²) in [6, 6.07) is 4.21. The maximum Gasteiger partial charge on any atom is 0.0648 e. The van der Waals surface area contributed by atoms with Crippen molar-refractivity contribution < 1.29 is 0 Å². The van der Waals surface area contributed by atoms with Gasteiger partial charge in [0.25, 0.3) is 0 Å². The number of nitrogens with zero attached hydrogens (tertiary/aromatic N) is 2. The van der Waals surface area contributed by atoms with Gasteiger partial charge in [-0.15, -0.1) is 11.6 Å². The molecule has 1 saturated heterocycles. The van der Waals surface area contributed by atoms with Gasteiger partial charge in [-0.05, 0) is 36.8 Å². The average molecular weight is 253 g/mol. The van der Waals surface area contributed by atoms with E-state index in [2.05, 4.69) is 35.9 Å². The van der Waals surface area contributed by atoms with E-state index in [1.54, 1.807) is 0 Å². The molecule has 0 N–H and O–H groups in total. The lowest BCUT2D eigenvalue weighted by Gasteiger charge is -2.25. The van der Waals surface area contributed by atoms with Gasteiger partial charge in [-0.25, -0.2) is 0 Å². The van der Waals surface area contributed by atoms with E-state index in [1.165, 1.54) is 24.9 Å². The van der Waals surface area contributed by atoms with Gasteiger partial charge in [-0.1, -0.05) is 13.8 Å². The van der Waals surface area contributed by atoms with E-state index >= 15 is 0 Å². The lowest BCUT2D eigenvalue weighted by molar-refractivity contribution is 0.325. The lowest BCUT2D eigenvalue weighted by atomic mass is 9.85. The summed E-state index contributed by atoms with van der Waals surface area (Å²) in [4.78, 5) is 6.71. The highest BCUT2D eigenvalue weighted by atomic mass is 35.5. The summed E-state index contributed by atoms with van der Waals surface area (Å²) in [5.74, 6) is 0.493. The van der Waals surface area contributed by atoms with Gasteiger partial charge in [-0.3, -0.25) is 4.98 Å². The van der Waals surface area contributed by atoms with Crippen molar-refractivity contribution in [1.29, 1.82) is 0 Å². The second kappa shape index (κ2) is 5.26. The van der Waals surface area contributed by atoms with Crippen LogP contribution < -0.4 is 4.90 Å². The maximum atomic E-state index is 5.83. The molecule has 1 aliphatic rings. The average Bonchev–Trinajstić information content (AvgIpc) is 2.50. The summed E-state index contributed by atoms with van der Waals surface area (Å²) in [5, 5.41) is 0. The van der Waals surface area contributed by atoms with Crippen LogP contribution >= 0.6 is 11.6 Å². The Balaban J connectivity index is 2.11. The molecule has 1 aliphatic heterocycles. The minimum absolute atomic E-state index is 0.483. The predicted octanol–water partition coefficient (Wildman–Crippen LogP) is 3.84. The van der Waals surface area contributed by atoms with Crippen LogP contribution in [0.4, 0.5) is 5.69 Å². The van der Waals surface area contributed by atoms with Crippen LogP contribution in [-0.4, -0.2) is 18.1 Å². The first-order valence-corrected chi connectivity index (χ1v) is 6.90. The van der Waals surface area contributed by atoms with Gasteiger partial charge < -0.3 is 4.90 Å². The number of alkyl halides is 1. The Morgan fingerprint density at radius 2 is 2.18 bits per heavy atom. The fourth-order valence-corrected chi connectivity index (χ4v) is 2.56. The molecule has 1 fully saturated rings. The van der Waals surface area contributed by atoms with Crippen LogP contribution in [0.15, 0.2) is 18.3 Å². The van der Waals surface area contributed by atoms with Gasteiger partial charge in [0.2, 0.25) is 0 Å². The van der Waals surface area contributed by atoms with Crippen molar-refractivity contribution in [1.82, 2.24) is 4.98 Å². The quantitative estimate of drug-likeness (QED) is 0.744. The summed E-state index contributed by atoms with van der Waals surface area (Å²) >= 11 is 5.83. The van der Waals surface area contributed by atoms with Crippen LogP contribution in [0.2, 0.25) is 0 Å². The van der Waals surface area contributed by atoms with Gasteiger partial charge in [-0.2, -0.15) is 0 Å². The normalized spacial score (nSPS) is 20.1. The third-order valence-corrected chi connectivity index (χ3v) is 3.92. The van der Waals surface area contributed by atoms with E-state index in [1.807, 2.05) is 6.20 Å². The number of hydrogen-bond acceptors (Lipinski definition) is 2. The third kappa shape index (κ3) is 3.35. The van der Waals surface area contributed by atoms with E-state index in [0.29, 0.717) is 11.3 Å². The Labute approximate surface area is 109 Å². The molecule has 0 saturated carbocycles. The van der Waals surface area contributed by atoms with Crippen LogP contribution in [0.5, 0.6) is 0 Å². The number of aromatic nitrogens is 1. The fraction of sp³-hybridized carbons (Fsp3) is 0.643. The maximum absolute atomic E-state index is 5.83. The summed E-state index contributed by atoms with van der Waals surface area (Å²) in [7, 11) is 0. The molecule has 0 spiro atoms. The Morgan fingerprint density at radius 3 is 2.94 bits per heavy atom. The smallest absolute Gasteiger partial charge is 0.0648 e. The lowest BCUT2D eigenvalue weighted by Crippen LogP contribution is -2.25. The van der Waals surface area contributed by atoms with Crippen LogP contribution in [0.3, 0.4) is 0 Å². The zero-order valence-corrected chi connectivity index (χ0v) is 11.5. The number of anilines is 1. The second-order valence-electron chi connectivity index (χ2n) is 5.64. The summed E-state index contributed by atoms with van der Waals surface area (Å²) in [6.45, 7) is 7.02. The molecule has 17 heavy (non-hydrogen) atoms. The van der Waals surface area contributed by atoms with Crippen LogP contribution in [-0.2, 0) is 5.88 Å². The van der Waals surface area contributed by atoms with Crippen molar-refractivity contribution in [2.24, 2.45) is 5.41 Å². The van der Waals surface area contributed by atoms with Gasteiger partial charge >= 0.3 is 0 Å². The summed E-state index contributed by atoms with van der Waals surface area (Å²) in [6.07, 6.45) is 5.71. The van der Waals surface area contributed by atoms with Gasteiger partial charge in [0.15, 0.2) is 0 Å². The molecule has 0 amide bonds. The van der Waals surface area contributed by atoms with Gasteiger partial charge in [0.05, 0.1) is 11.6 Å². The zero-order valence-electron chi connectivity index (χ0n) is 10.7. The van der Waals surface area contributed by atoms with Crippen molar-refractivity contribution in [3.63, 3.8) is 0 Å². The summed E-state index contributed by atoms with van der Waals surface area (Å²) in [5.41, 5.74) is 2.72. The van der Waals surface area contributed by atoms with Crippen molar-refractivity contribution in [3.05, 3.63) is 24.0 Å². The largest absolute Gasteiger partial charge is 0.371 e. The van der Waals surface area contributed by atoms with Gasteiger partial charge in [0, 0.05) is 25.0 Å². The monoisotopic (exact) mass is 252 g/mol. The molecule has 1 aromatic rings. The van der Waals surface area contributed by atoms with E-state index in [4.69, 9.17) is 11.6 Å². The highest BCUT2D eigenvalue weighted by molar-refractivity contribution is 6.16. The Morgan fingerprint density at radius 1 is 1.35 bits per heavy atom. The number of pyridine rings is 1. The first-order valence-electron chi connectivity index (χ1n) is 6.37. The first kappa shape index (κ1) is 12.7. The number of rotatable bonds is 2. The van der Waals surface area contributed by atoms with Crippen molar-refractivity contribution in [3.8, 4) is 0 Å². The molecule has 1 aromatic heterocycles. The predicted molar refractivity (Wildman–Crippen MR) is 73.6 cm³/mol. The SMILES string of the molecule is CC1(C)CCCN(c2ccnc(CCl)c2)CC1. The molecule has 2 nitrogen and oxygen atoms in total. The van der Waals surface area contributed by atoms with E-state index in [0.717, 1.165) is 18.8 Å². The Hall–Kier alpha value is -0.760. The zero-order chi connectivity index (χ0) is 12.3. The first-order chi connectivity index (χ1) is 8.11. The minimum Gasteiger partial charge on any atom is -0.371 e. The molecule has 3 heteroatoms. The van der Waals surface area contributed by atoms with E-state index in [9.17, 15) is 0 Å². The topological polar surface area (TPSA) is 16.1 Å². The highest BCUT2D eigenvalue weighted by Crippen LogP contribution is 2.31. The van der Waals surface area contributed by atoms with Crippen LogP contribution in [0.1, 0.15) is 38.8 Å². The molecule has 94 valence electrons. The van der Waals surface area contributed by atoms with E-state index in [-0.39, 0.29) is 0 Å². The molecule has 0 radical (unpaired) electrons. The molecule has 2 rings (SSSR count). The molecule has 0 aromatic carbocycles. The third-order valence-electron chi connectivity index (χ3n) is 3.64. The van der Waals surface area contributed by atoms with Crippen molar-refractivity contribution >= 4 is 17.3 Å². The Bertz CT molecular complexity index is 376. The van der Waals surface area contributed by atoms with Crippen LogP contribution in [0, 0.1) is 5.41 Å². The van der Waals surface area contributed by atoms with Gasteiger partial charge in [0.1, 0.15) is 0 Å². The Kier molecular flexibility index (Phi) is 3.93. The molecule has 0 unspecified atom stereocenters. The molecule has 0 bridgehead atoms. The highest BCUT2D eigenvalue weighted by Gasteiger charge is 2.23. The standard InChI is InChI=1S/C14H21ClN2/c1-14(2)5-3-8-17(9-6-14)13-4-7-16-12(10-13)11-15/h4,7,10H,3,5-6,8-9,11H2,1-2H3. The number of halogens is 1. The molecule has 0 aliphatic carbocycles. The number of hydrogen-bond donors (Lipinski definition) is 0. The molecular weight excluding hydrogens is 232 g/mol. The minimum atomic E-state index is 0.483. The van der Waals surface area contributed by atoms with Crippen LogP contribution in [0.25, 0.3) is 0 Å². The molecule has 2 heterocycles. The summed E-state index contributed by atoms with van der Waals surface area (Å²) < 4.78 is 0. The molecular formula is C14H21ClN2.